The Bertz CT molecular complexity index is 32.5. The molecule has 0 amide bonds. The molecule has 0 heterocycles. The molecule has 9 nitrogen and oxygen atoms in total. The summed E-state index contributed by atoms with van der Waals surface area (Å²) < 4.78 is 0. The van der Waals surface area contributed by atoms with E-state index in [1.165, 1.54) is 0 Å². The fourth-order valence-electron chi connectivity index (χ4n) is 0. The quantitative estimate of drug-likeness (QED) is 0.339. The van der Waals surface area contributed by atoms with Crippen LogP contribution in [0, 0.1) is 0 Å². The van der Waals surface area contributed by atoms with Gasteiger partial charge in [-0.3, -0.25) is 0 Å². The van der Waals surface area contributed by atoms with Crippen molar-refractivity contribution in [2.75, 3.05) is 0 Å². The molecule has 0 bridgehead atoms. The summed E-state index contributed by atoms with van der Waals surface area (Å²) in [5.41, 5.74) is 0. The molecule has 0 aromatic rings. The molecule has 0 saturated carbocycles. The zero-order chi connectivity index (χ0) is 3.58. The maximum absolute atomic E-state index is 8.33. The Morgan fingerprint density at radius 1 is 0.727 bits per heavy atom. The molecule has 10 heteroatoms. The van der Waals surface area contributed by atoms with Gasteiger partial charge in [0.05, 0.1) is 0 Å². The predicted molar refractivity (Wildman–Crippen MR) is 32.8 cm³/mol. The van der Waals surface area contributed by atoms with Crippen molar-refractivity contribution >= 4 is 29.2 Å². The van der Waals surface area contributed by atoms with E-state index >= 15 is 0 Å². The Morgan fingerprint density at radius 2 is 0.727 bits per heavy atom. The summed E-state index contributed by atoms with van der Waals surface area (Å²) in [5, 5.41) is 16.7. The fourth-order valence-corrected chi connectivity index (χ4v) is 0. The van der Waals surface area contributed by atoms with Gasteiger partial charge >= 0.3 is 23.1 Å². The Hall–Kier alpha value is -0.204. The monoisotopic (exact) mass is 192 g/mol. The number of hydrogen-bond donors (Lipinski definition) is 0. The zero-order valence-corrected chi connectivity index (χ0v) is 6.85. The predicted octanol–water partition coefficient (Wildman–Crippen LogP) is -7.78. The second-order valence-electron chi connectivity index (χ2n) is 0.250. The van der Waals surface area contributed by atoms with Crippen LogP contribution < -0.4 is 10.2 Å². The van der Waals surface area contributed by atoms with Crippen molar-refractivity contribution in [3.8, 4) is 0 Å². The molecule has 0 spiro atoms. The topological polar surface area (TPSA) is 252 Å². The molecule has 12 N–H and O–H groups in total. The first-order chi connectivity index (χ1) is 1.73. The molecule has 0 radical (unpaired) electrons. The summed E-state index contributed by atoms with van der Waals surface area (Å²) in [4.78, 5) is 8.33. The van der Waals surface area contributed by atoms with E-state index in [1.807, 2.05) is 0 Å². The van der Waals surface area contributed by atoms with Crippen LogP contribution in [0.3, 0.4) is 0 Å². The molecule has 11 heavy (non-hydrogen) atoms. The molecular weight excluding hydrogens is 180 g/mol. The first kappa shape index (κ1) is 133. The average molecular weight is 192 g/mol. The van der Waals surface area contributed by atoms with Crippen LogP contribution in [0.15, 0.2) is 0 Å². The van der Waals surface area contributed by atoms with Crippen molar-refractivity contribution in [3.05, 3.63) is 0 Å². The molecule has 72 valence electrons. The van der Waals surface area contributed by atoms with Crippen LogP contribution >= 0.6 is 0 Å². The van der Waals surface area contributed by atoms with Gasteiger partial charge in [-0.2, -0.15) is 0 Å². The fraction of sp³-hybridized carbons (Fsp3) is 0. The largest absolute Gasteiger partial charge is 2.00 e. The van der Waals surface area contributed by atoms with E-state index < -0.39 is 6.16 Å². The van der Waals surface area contributed by atoms with Crippen molar-refractivity contribution in [2.45, 2.75) is 0 Å². The van der Waals surface area contributed by atoms with Gasteiger partial charge < -0.3 is 47.9 Å². The van der Waals surface area contributed by atoms with E-state index in [9.17, 15) is 0 Å². The van der Waals surface area contributed by atoms with Crippen LogP contribution in [0.1, 0.15) is 0 Å². The standard InChI is InChI=1S/CH2O3.Mg.6H2O/c2-1(3)4;;;;;;;/h(H2,2,3,4);;6*1H2/q;+2;;;;;;/p-2. The SMILES string of the molecule is O.O.O.O.O.O.O=C([O-])[O-].[Mg+2]. The molecular formula is CH12MgO9. The smallest absolute Gasteiger partial charge is 0.652 e. The Balaban J connectivity index is -0.00000000214. The number of carbonyl (C=O) groups excluding carboxylic acids is 1. The second kappa shape index (κ2) is 96.9. The molecule has 0 unspecified atom stereocenters. The third kappa shape index (κ3) is 14300. The maximum atomic E-state index is 8.33. The second-order valence-corrected chi connectivity index (χ2v) is 0.250. The summed E-state index contributed by atoms with van der Waals surface area (Å²) >= 11 is 0. The van der Waals surface area contributed by atoms with Gasteiger partial charge in [-0.15, -0.1) is 0 Å². The third-order valence-corrected chi connectivity index (χ3v) is 0. The van der Waals surface area contributed by atoms with Crippen LogP contribution in [0.2, 0.25) is 0 Å². The number of rotatable bonds is 0. The number of carboxylic acid groups (broad SMARTS) is 2. The first-order valence-electron chi connectivity index (χ1n) is 0.612. The molecule has 0 aromatic heterocycles. The third-order valence-electron chi connectivity index (χ3n) is 0. The van der Waals surface area contributed by atoms with Crippen LogP contribution in [-0.2, 0) is 0 Å². The zero-order valence-electron chi connectivity index (χ0n) is 5.43. The first-order valence-corrected chi connectivity index (χ1v) is 0.612. The normalized spacial score (nSPS) is 2.18. The summed E-state index contributed by atoms with van der Waals surface area (Å²) in [6.45, 7) is 0. The van der Waals surface area contributed by atoms with Crippen molar-refractivity contribution in [2.24, 2.45) is 0 Å². The molecule has 0 fully saturated rings. The molecule has 0 atom stereocenters. The van der Waals surface area contributed by atoms with Gasteiger partial charge in [-0.1, -0.05) is 0 Å². The molecule has 0 aliphatic heterocycles. The summed E-state index contributed by atoms with van der Waals surface area (Å²) in [6.07, 6.45) is -2.33. The summed E-state index contributed by atoms with van der Waals surface area (Å²) in [7, 11) is 0. The molecule has 0 aliphatic carbocycles. The minimum atomic E-state index is -2.33. The molecule has 0 aromatic carbocycles. The molecule has 0 aliphatic rings. The maximum Gasteiger partial charge on any atom is 2.00 e. The van der Waals surface area contributed by atoms with Gasteiger partial charge in [-0.25, -0.2) is 0 Å². The van der Waals surface area contributed by atoms with Crippen LogP contribution in [0.25, 0.3) is 0 Å². The number of hydrogen-bond acceptors (Lipinski definition) is 3. The van der Waals surface area contributed by atoms with Crippen LogP contribution in [0.4, 0.5) is 4.79 Å². The Labute approximate surface area is 77.6 Å². The summed E-state index contributed by atoms with van der Waals surface area (Å²) in [5.74, 6) is 0. The number of carbonyl (C=O) groups is 1. The van der Waals surface area contributed by atoms with E-state index in [4.69, 9.17) is 15.0 Å². The van der Waals surface area contributed by atoms with Crippen LogP contribution in [-0.4, -0.2) is 62.1 Å². The van der Waals surface area contributed by atoms with Crippen molar-refractivity contribution < 1.29 is 47.9 Å². The molecule has 0 rings (SSSR count). The van der Waals surface area contributed by atoms with Gasteiger partial charge in [0.15, 0.2) is 0 Å². The van der Waals surface area contributed by atoms with E-state index in [1.54, 1.807) is 0 Å². The van der Waals surface area contributed by atoms with Gasteiger partial charge in [0.25, 0.3) is 0 Å². The Kier molecular flexibility index (Phi) is 1170. The van der Waals surface area contributed by atoms with Crippen molar-refractivity contribution in [1.82, 2.24) is 0 Å². The summed E-state index contributed by atoms with van der Waals surface area (Å²) in [6, 6.07) is 0. The van der Waals surface area contributed by atoms with E-state index in [2.05, 4.69) is 0 Å². The average Bonchev–Trinajstić information content (AvgIpc) is 0.811. The van der Waals surface area contributed by atoms with Crippen LogP contribution in [0.5, 0.6) is 0 Å². The van der Waals surface area contributed by atoms with Gasteiger partial charge in [-0.05, 0) is 6.16 Å². The minimum absolute atomic E-state index is 0. The van der Waals surface area contributed by atoms with Crippen molar-refractivity contribution in [3.63, 3.8) is 0 Å². The van der Waals surface area contributed by atoms with Gasteiger partial charge in [0.2, 0.25) is 0 Å². The van der Waals surface area contributed by atoms with E-state index in [0.717, 1.165) is 0 Å². The Morgan fingerprint density at radius 3 is 0.727 bits per heavy atom. The minimum Gasteiger partial charge on any atom is -0.652 e. The van der Waals surface area contributed by atoms with Gasteiger partial charge in [0.1, 0.15) is 0 Å². The van der Waals surface area contributed by atoms with E-state index in [-0.39, 0.29) is 55.9 Å². The van der Waals surface area contributed by atoms with Gasteiger partial charge in [0, 0.05) is 0 Å². The van der Waals surface area contributed by atoms with Crippen molar-refractivity contribution in [1.29, 1.82) is 0 Å². The molecule has 0 saturated heterocycles. The van der Waals surface area contributed by atoms with E-state index in [0.29, 0.717) is 0 Å².